The van der Waals surface area contributed by atoms with Crippen molar-refractivity contribution in [2.45, 2.75) is 31.9 Å². The summed E-state index contributed by atoms with van der Waals surface area (Å²) in [6.45, 7) is 3.44. The molecule has 1 aromatic carbocycles. The summed E-state index contributed by atoms with van der Waals surface area (Å²) in [4.78, 5) is 13.6. The summed E-state index contributed by atoms with van der Waals surface area (Å²) in [6, 6.07) is 10.4. The number of rotatable bonds is 5. The van der Waals surface area contributed by atoms with Crippen LogP contribution in [0.3, 0.4) is 0 Å². The molecule has 32 heavy (non-hydrogen) atoms. The van der Waals surface area contributed by atoms with Crippen molar-refractivity contribution in [1.29, 1.82) is 0 Å². The average Bonchev–Trinajstić information content (AvgIpc) is 3.37. The predicted octanol–water partition coefficient (Wildman–Crippen LogP) is 2.91. The first-order chi connectivity index (χ1) is 15.3. The van der Waals surface area contributed by atoms with Gasteiger partial charge in [-0.2, -0.15) is 18.3 Å². The van der Waals surface area contributed by atoms with Gasteiger partial charge in [0.1, 0.15) is 10.8 Å². The van der Waals surface area contributed by atoms with Gasteiger partial charge in [0.25, 0.3) is 0 Å². The number of carboxylic acids is 1. The highest BCUT2D eigenvalue weighted by Gasteiger charge is 2.38. The second kappa shape index (κ2) is 10.6. The van der Waals surface area contributed by atoms with Crippen LogP contribution in [0.5, 0.6) is 5.75 Å². The van der Waals surface area contributed by atoms with Gasteiger partial charge >= 0.3 is 12.1 Å². The molecule has 1 atom stereocenters. The van der Waals surface area contributed by atoms with E-state index in [0.717, 1.165) is 48.2 Å². The third kappa shape index (κ3) is 6.52. The van der Waals surface area contributed by atoms with E-state index < -0.39 is 12.1 Å². The molecule has 0 saturated heterocycles. The highest BCUT2D eigenvalue weighted by Crippen LogP contribution is 2.25. The van der Waals surface area contributed by atoms with Crippen LogP contribution in [0.2, 0.25) is 0 Å². The molecule has 4 rings (SSSR count). The van der Waals surface area contributed by atoms with Crippen LogP contribution in [0.25, 0.3) is 10.6 Å². The first kappa shape index (κ1) is 23.7. The Labute approximate surface area is 186 Å². The summed E-state index contributed by atoms with van der Waals surface area (Å²) in [5.74, 6) is -1.89. The lowest BCUT2D eigenvalue weighted by Gasteiger charge is -2.16. The predicted molar refractivity (Wildman–Crippen MR) is 112 cm³/mol. The van der Waals surface area contributed by atoms with Gasteiger partial charge < -0.3 is 20.5 Å². The fraction of sp³-hybridized carbons (Fsp3) is 0.350. The van der Waals surface area contributed by atoms with Gasteiger partial charge in [0.05, 0.1) is 25.0 Å². The number of carboxylic acid groups (broad SMARTS) is 1. The standard InChI is InChI=1S/C18H21N5OS.C2HF3O2/c1-24-17-4-2-13(3-5-17)18-22-15(12-25-18)9-20-14-8-19-10-16-6-7-21-23(16)11-14;3-2(4,5)1(6)7/h2-7,12,14,19-20H,8-11H2,1H3;(H,6,7). The number of benzene rings is 1. The van der Waals surface area contributed by atoms with Crippen LogP contribution in [0.15, 0.2) is 41.9 Å². The lowest BCUT2D eigenvalue weighted by atomic mass is 10.2. The van der Waals surface area contributed by atoms with Crippen LogP contribution in [-0.2, 0) is 24.4 Å². The van der Waals surface area contributed by atoms with Crippen molar-refractivity contribution in [1.82, 2.24) is 25.4 Å². The Morgan fingerprint density at radius 2 is 2.06 bits per heavy atom. The molecule has 3 heterocycles. The van der Waals surface area contributed by atoms with Crippen LogP contribution >= 0.6 is 11.3 Å². The summed E-state index contributed by atoms with van der Waals surface area (Å²) in [5, 5.41) is 21.7. The fourth-order valence-corrected chi connectivity index (χ4v) is 3.79. The van der Waals surface area contributed by atoms with Gasteiger partial charge in [-0.15, -0.1) is 11.3 Å². The lowest BCUT2D eigenvalue weighted by Crippen LogP contribution is -2.39. The Morgan fingerprint density at radius 3 is 2.72 bits per heavy atom. The molecule has 0 amide bonds. The summed E-state index contributed by atoms with van der Waals surface area (Å²) < 4.78 is 39.0. The third-order valence-corrected chi connectivity index (χ3v) is 5.54. The number of thiazole rings is 1. The first-order valence-corrected chi connectivity index (χ1v) is 10.5. The molecule has 172 valence electrons. The molecule has 0 aliphatic carbocycles. The maximum Gasteiger partial charge on any atom is 0.490 e. The minimum atomic E-state index is -5.08. The van der Waals surface area contributed by atoms with E-state index in [9.17, 15) is 13.2 Å². The third-order valence-electron chi connectivity index (χ3n) is 4.60. The summed E-state index contributed by atoms with van der Waals surface area (Å²) in [5.41, 5.74) is 3.43. The van der Waals surface area contributed by atoms with Crippen molar-refractivity contribution >= 4 is 17.3 Å². The minimum Gasteiger partial charge on any atom is -0.497 e. The van der Waals surface area contributed by atoms with E-state index in [2.05, 4.69) is 31.9 Å². The number of nitrogens with one attached hydrogen (secondary N) is 2. The summed E-state index contributed by atoms with van der Waals surface area (Å²) >= 11 is 1.67. The van der Waals surface area contributed by atoms with Crippen LogP contribution in [0.1, 0.15) is 11.4 Å². The largest absolute Gasteiger partial charge is 0.497 e. The number of fused-ring (bicyclic) bond motifs is 1. The van der Waals surface area contributed by atoms with Gasteiger partial charge in [0.15, 0.2) is 0 Å². The molecule has 1 aliphatic heterocycles. The van der Waals surface area contributed by atoms with E-state index in [1.54, 1.807) is 18.4 Å². The Hall–Kier alpha value is -2.96. The van der Waals surface area contributed by atoms with Crippen molar-refractivity contribution in [3.8, 4) is 16.3 Å². The van der Waals surface area contributed by atoms with Gasteiger partial charge in [-0.25, -0.2) is 9.78 Å². The molecule has 1 aliphatic rings. The molecular formula is C20H22F3N5O3S. The first-order valence-electron chi connectivity index (χ1n) is 9.60. The highest BCUT2D eigenvalue weighted by molar-refractivity contribution is 7.13. The number of hydrogen-bond donors (Lipinski definition) is 3. The molecule has 0 saturated carbocycles. The van der Waals surface area contributed by atoms with E-state index in [0.29, 0.717) is 6.04 Å². The molecule has 0 spiro atoms. The minimum absolute atomic E-state index is 0.340. The topological polar surface area (TPSA) is 101 Å². The molecule has 1 unspecified atom stereocenters. The van der Waals surface area contributed by atoms with Crippen LogP contribution in [0, 0.1) is 0 Å². The molecule has 3 N–H and O–H groups in total. The number of aliphatic carboxylic acids is 1. The zero-order chi connectivity index (χ0) is 23.1. The van der Waals surface area contributed by atoms with Gasteiger partial charge in [0, 0.05) is 42.8 Å². The Morgan fingerprint density at radius 1 is 1.34 bits per heavy atom. The molecular weight excluding hydrogens is 447 g/mol. The maximum absolute atomic E-state index is 10.6. The quantitative estimate of drug-likeness (QED) is 0.528. The van der Waals surface area contributed by atoms with Crippen molar-refractivity contribution in [3.05, 3.63) is 53.3 Å². The Bertz CT molecular complexity index is 1020. The molecule has 12 heteroatoms. The van der Waals surface area contributed by atoms with Crippen LogP contribution in [-0.4, -0.2) is 51.7 Å². The smallest absolute Gasteiger partial charge is 0.490 e. The fourth-order valence-electron chi connectivity index (χ4n) is 2.96. The van der Waals surface area contributed by atoms with E-state index >= 15 is 0 Å². The summed E-state index contributed by atoms with van der Waals surface area (Å²) in [7, 11) is 1.68. The molecule has 0 bridgehead atoms. The molecule has 0 fully saturated rings. The Kier molecular flexibility index (Phi) is 7.83. The van der Waals surface area contributed by atoms with Gasteiger partial charge in [-0.1, -0.05) is 0 Å². The zero-order valence-electron chi connectivity index (χ0n) is 17.1. The van der Waals surface area contributed by atoms with Gasteiger partial charge in [-0.3, -0.25) is 4.68 Å². The molecule has 8 nitrogen and oxygen atoms in total. The van der Waals surface area contributed by atoms with Crippen molar-refractivity contribution < 1.29 is 27.8 Å². The number of aromatic nitrogens is 3. The normalized spacial score (nSPS) is 15.8. The number of hydrogen-bond acceptors (Lipinski definition) is 7. The highest BCUT2D eigenvalue weighted by atomic mass is 32.1. The maximum atomic E-state index is 10.6. The summed E-state index contributed by atoms with van der Waals surface area (Å²) in [6.07, 6.45) is -3.22. The Balaban J connectivity index is 0.000000360. The molecule has 0 radical (unpaired) electrons. The second-order valence-corrected chi connectivity index (χ2v) is 7.75. The van der Waals surface area contributed by atoms with E-state index in [1.165, 1.54) is 5.69 Å². The monoisotopic (exact) mass is 469 g/mol. The van der Waals surface area contributed by atoms with E-state index in [1.807, 2.05) is 30.5 Å². The van der Waals surface area contributed by atoms with Crippen LogP contribution < -0.4 is 15.4 Å². The van der Waals surface area contributed by atoms with Gasteiger partial charge in [0.2, 0.25) is 0 Å². The van der Waals surface area contributed by atoms with E-state index in [-0.39, 0.29) is 0 Å². The van der Waals surface area contributed by atoms with Gasteiger partial charge in [-0.05, 0) is 30.3 Å². The zero-order valence-corrected chi connectivity index (χ0v) is 17.9. The van der Waals surface area contributed by atoms with Crippen molar-refractivity contribution in [3.63, 3.8) is 0 Å². The van der Waals surface area contributed by atoms with Crippen molar-refractivity contribution in [2.75, 3.05) is 13.7 Å². The SMILES string of the molecule is COc1ccc(-c2nc(CNC3CNCc4ccnn4C3)cs2)cc1.O=C(O)C(F)(F)F. The molecule has 2 aromatic heterocycles. The van der Waals surface area contributed by atoms with Crippen LogP contribution in [0.4, 0.5) is 13.2 Å². The van der Waals surface area contributed by atoms with E-state index in [4.69, 9.17) is 19.6 Å². The number of nitrogens with zero attached hydrogens (tertiary/aromatic N) is 3. The number of halogens is 3. The molecule has 3 aromatic rings. The van der Waals surface area contributed by atoms with Crippen molar-refractivity contribution in [2.24, 2.45) is 0 Å². The average molecular weight is 469 g/mol. The number of methoxy groups -OCH3 is 1. The lowest BCUT2D eigenvalue weighted by molar-refractivity contribution is -0.192. The number of ether oxygens (including phenoxy) is 1. The number of alkyl halides is 3. The second-order valence-electron chi connectivity index (χ2n) is 6.89. The number of carbonyl (C=O) groups is 1.